The van der Waals surface area contributed by atoms with Gasteiger partial charge in [0.05, 0.1) is 20.3 Å². The van der Waals surface area contributed by atoms with Gasteiger partial charge in [-0.3, -0.25) is 9.63 Å². The van der Waals surface area contributed by atoms with Crippen LogP contribution in [0.4, 0.5) is 0 Å². The molecule has 0 N–H and O–H groups in total. The summed E-state index contributed by atoms with van der Waals surface area (Å²) in [7, 11) is 4.01. The molecule has 132 valence electrons. The van der Waals surface area contributed by atoms with Gasteiger partial charge < -0.3 is 13.9 Å². The van der Waals surface area contributed by atoms with E-state index in [1.54, 1.807) is 31.3 Å². The van der Waals surface area contributed by atoms with Crippen molar-refractivity contribution in [3.8, 4) is 0 Å². The van der Waals surface area contributed by atoms with Crippen LogP contribution in [0.25, 0.3) is 11.0 Å². The van der Waals surface area contributed by atoms with E-state index in [-0.39, 0.29) is 0 Å². The van der Waals surface area contributed by atoms with Crippen molar-refractivity contribution in [3.05, 3.63) is 46.3 Å². The molecule has 8 nitrogen and oxygen atoms in total. The van der Waals surface area contributed by atoms with Gasteiger partial charge in [0.25, 0.3) is 0 Å². The number of hydroxylamine groups is 2. The average Bonchev–Trinajstić information content (AvgIpc) is 2.96. The molecule has 0 aliphatic carbocycles. The van der Waals surface area contributed by atoms with Gasteiger partial charge in [0, 0.05) is 18.5 Å². The summed E-state index contributed by atoms with van der Waals surface area (Å²) in [5.74, 6) is -2.33. The summed E-state index contributed by atoms with van der Waals surface area (Å²) in [5.41, 5.74) is 0.326. The molecule has 0 unspecified atom stereocenters. The first-order chi connectivity index (χ1) is 12.0. The Kier molecular flexibility index (Phi) is 4.56. The van der Waals surface area contributed by atoms with E-state index in [4.69, 9.17) is 18.7 Å². The van der Waals surface area contributed by atoms with E-state index in [9.17, 15) is 14.4 Å². The second-order valence-corrected chi connectivity index (χ2v) is 5.61. The molecule has 2 aromatic rings. The lowest BCUT2D eigenvalue weighted by molar-refractivity contribution is -0.182. The summed E-state index contributed by atoms with van der Waals surface area (Å²) in [6.45, 7) is 0. The topological polar surface area (TPSA) is 95.3 Å². The van der Waals surface area contributed by atoms with Gasteiger partial charge >= 0.3 is 17.6 Å². The number of nitrogens with zero attached hydrogens (tertiary/aromatic N) is 1. The minimum Gasteiger partial charge on any atom is -0.469 e. The molecule has 1 saturated heterocycles. The molecule has 3 atom stereocenters. The van der Waals surface area contributed by atoms with Crippen LogP contribution >= 0.6 is 0 Å². The van der Waals surface area contributed by atoms with Crippen LogP contribution in [0.5, 0.6) is 0 Å². The number of carbonyl (C=O) groups is 2. The summed E-state index contributed by atoms with van der Waals surface area (Å²) in [6.07, 6.45) is -1.17. The van der Waals surface area contributed by atoms with E-state index in [0.29, 0.717) is 16.5 Å². The SMILES string of the molecule is COC(=O)[C@@H]1[C@@H](C(=O)OC)ON(C)[C@@H]1c1cc(=O)oc2ccccc12. The number of hydrogen-bond acceptors (Lipinski definition) is 8. The van der Waals surface area contributed by atoms with Crippen molar-refractivity contribution < 1.29 is 28.3 Å². The fourth-order valence-electron chi connectivity index (χ4n) is 3.17. The molecule has 2 heterocycles. The van der Waals surface area contributed by atoms with E-state index >= 15 is 0 Å². The normalized spacial score (nSPS) is 23.6. The molecular weight excluding hydrogens is 330 g/mol. The number of ether oxygens (including phenoxy) is 2. The van der Waals surface area contributed by atoms with Crippen molar-refractivity contribution in [3.63, 3.8) is 0 Å². The predicted octanol–water partition coefficient (Wildman–Crippen LogP) is 1.04. The number of carbonyl (C=O) groups excluding carboxylic acids is 2. The monoisotopic (exact) mass is 347 g/mol. The van der Waals surface area contributed by atoms with E-state index in [0.717, 1.165) is 0 Å². The Morgan fingerprint density at radius 2 is 1.80 bits per heavy atom. The Balaban J connectivity index is 2.19. The van der Waals surface area contributed by atoms with Gasteiger partial charge in [-0.25, -0.2) is 9.59 Å². The first-order valence-electron chi connectivity index (χ1n) is 7.56. The molecule has 3 rings (SSSR count). The van der Waals surface area contributed by atoms with Crippen LogP contribution in [0.2, 0.25) is 0 Å². The van der Waals surface area contributed by atoms with Crippen molar-refractivity contribution in [2.45, 2.75) is 12.1 Å². The summed E-state index contributed by atoms with van der Waals surface area (Å²) < 4.78 is 14.8. The lowest BCUT2D eigenvalue weighted by atomic mass is 9.88. The van der Waals surface area contributed by atoms with Crippen LogP contribution in [0, 0.1) is 5.92 Å². The number of fused-ring (bicyclic) bond motifs is 1. The summed E-state index contributed by atoms with van der Waals surface area (Å²) >= 11 is 0. The number of rotatable bonds is 3. The lowest BCUT2D eigenvalue weighted by Gasteiger charge is -2.22. The Morgan fingerprint density at radius 1 is 1.12 bits per heavy atom. The molecule has 0 radical (unpaired) electrons. The molecule has 0 saturated carbocycles. The lowest BCUT2D eigenvalue weighted by Crippen LogP contribution is -2.36. The first kappa shape index (κ1) is 17.1. The second kappa shape index (κ2) is 6.66. The maximum absolute atomic E-state index is 12.4. The van der Waals surface area contributed by atoms with Gasteiger partial charge in [-0.15, -0.1) is 0 Å². The summed E-state index contributed by atoms with van der Waals surface area (Å²) in [5, 5.41) is 2.01. The van der Waals surface area contributed by atoms with Gasteiger partial charge in [-0.2, -0.15) is 5.06 Å². The van der Waals surface area contributed by atoms with Crippen molar-refractivity contribution in [2.24, 2.45) is 5.92 Å². The van der Waals surface area contributed by atoms with E-state index in [1.807, 2.05) is 0 Å². The zero-order valence-electron chi connectivity index (χ0n) is 13.9. The van der Waals surface area contributed by atoms with Gasteiger partial charge in [0.15, 0.2) is 6.10 Å². The van der Waals surface area contributed by atoms with Gasteiger partial charge in [0.1, 0.15) is 11.5 Å². The molecule has 1 aromatic heterocycles. The maximum atomic E-state index is 12.4. The van der Waals surface area contributed by atoms with Crippen LogP contribution in [-0.2, 0) is 23.9 Å². The zero-order chi connectivity index (χ0) is 18.1. The fourth-order valence-corrected chi connectivity index (χ4v) is 3.17. The molecular formula is C17H17NO7. The highest BCUT2D eigenvalue weighted by Crippen LogP contribution is 2.41. The van der Waals surface area contributed by atoms with E-state index in [1.165, 1.54) is 25.3 Å². The number of hydrogen-bond donors (Lipinski definition) is 0. The third kappa shape index (κ3) is 2.90. The molecule has 0 bridgehead atoms. The molecule has 1 aliphatic heterocycles. The minimum absolute atomic E-state index is 0.378. The maximum Gasteiger partial charge on any atom is 0.338 e. The summed E-state index contributed by atoms with van der Waals surface area (Å²) in [6, 6.07) is 7.52. The largest absolute Gasteiger partial charge is 0.469 e. The Morgan fingerprint density at radius 3 is 2.48 bits per heavy atom. The predicted molar refractivity (Wildman–Crippen MR) is 85.4 cm³/mol. The molecule has 1 aliphatic rings. The third-order valence-electron chi connectivity index (χ3n) is 4.25. The van der Waals surface area contributed by atoms with Gasteiger partial charge in [-0.05, 0) is 11.6 Å². The summed E-state index contributed by atoms with van der Waals surface area (Å²) in [4.78, 5) is 41.9. The Bertz CT molecular complexity index is 875. The second-order valence-electron chi connectivity index (χ2n) is 5.61. The standard InChI is InChI=1S/C17H17NO7/c1-18-14(13(16(20)22-2)15(25-18)17(21)23-3)10-8-12(19)24-11-7-5-4-6-9(10)11/h4-8,13-15H,1-3H3/t13-,14+,15-/m0/s1. The highest BCUT2D eigenvalue weighted by atomic mass is 16.7. The Hall–Kier alpha value is -2.71. The van der Waals surface area contributed by atoms with E-state index in [2.05, 4.69) is 0 Å². The molecule has 0 spiro atoms. The van der Waals surface area contributed by atoms with Gasteiger partial charge in [-0.1, -0.05) is 18.2 Å². The van der Waals surface area contributed by atoms with Crippen LogP contribution in [0.1, 0.15) is 11.6 Å². The van der Waals surface area contributed by atoms with Crippen LogP contribution in [0.3, 0.4) is 0 Å². The minimum atomic E-state index is -1.17. The Labute approximate surface area is 142 Å². The fraction of sp³-hybridized carbons (Fsp3) is 0.353. The molecule has 1 aromatic carbocycles. The van der Waals surface area contributed by atoms with E-state index < -0.39 is 35.6 Å². The van der Waals surface area contributed by atoms with Crippen LogP contribution in [0.15, 0.2) is 39.5 Å². The van der Waals surface area contributed by atoms with Crippen LogP contribution in [-0.4, -0.2) is 44.4 Å². The smallest absolute Gasteiger partial charge is 0.338 e. The first-order valence-corrected chi connectivity index (χ1v) is 7.56. The van der Waals surface area contributed by atoms with Crippen molar-refractivity contribution in [1.82, 2.24) is 5.06 Å². The van der Waals surface area contributed by atoms with Crippen molar-refractivity contribution in [2.75, 3.05) is 21.3 Å². The quantitative estimate of drug-likeness (QED) is 0.600. The van der Waals surface area contributed by atoms with Crippen molar-refractivity contribution in [1.29, 1.82) is 0 Å². The molecule has 1 fully saturated rings. The number of para-hydroxylation sites is 1. The highest BCUT2D eigenvalue weighted by molar-refractivity contribution is 5.87. The average molecular weight is 347 g/mol. The molecule has 8 heteroatoms. The molecule has 25 heavy (non-hydrogen) atoms. The van der Waals surface area contributed by atoms with Crippen LogP contribution < -0.4 is 5.63 Å². The van der Waals surface area contributed by atoms with Gasteiger partial charge in [0.2, 0.25) is 0 Å². The highest BCUT2D eigenvalue weighted by Gasteiger charge is 2.52. The van der Waals surface area contributed by atoms with Crippen molar-refractivity contribution >= 4 is 22.9 Å². The zero-order valence-corrected chi connectivity index (χ0v) is 13.9. The number of benzene rings is 1. The third-order valence-corrected chi connectivity index (χ3v) is 4.25. The number of esters is 2. The number of methoxy groups -OCH3 is 2. The molecule has 0 amide bonds.